The molecule has 3 atom stereocenters. The second-order valence-corrected chi connectivity index (χ2v) is 15.2. The van der Waals surface area contributed by atoms with Crippen molar-refractivity contribution in [1.29, 1.82) is 0 Å². The van der Waals surface area contributed by atoms with E-state index in [-0.39, 0.29) is 13.0 Å². The van der Waals surface area contributed by atoms with Gasteiger partial charge in [-0.1, -0.05) is 134 Å². The SMILES string of the molecule is CCCCCC/C=C\C/C=C\CCCCCCCC(=O)OC(COCCCCCCCC/C=C\CCCCCC)COP(=O)(O)OCC(N)C(=O)O. The van der Waals surface area contributed by atoms with Crippen LogP contribution in [0.1, 0.15) is 174 Å². The van der Waals surface area contributed by atoms with Crippen LogP contribution in [-0.2, 0) is 32.7 Å². The van der Waals surface area contributed by atoms with Crippen molar-refractivity contribution in [3.05, 3.63) is 36.5 Å². The number of rotatable bonds is 39. The van der Waals surface area contributed by atoms with Gasteiger partial charge in [-0.25, -0.2) is 4.57 Å². The number of allylic oxidation sites excluding steroid dienone is 6. The van der Waals surface area contributed by atoms with Crippen LogP contribution >= 0.6 is 7.82 Å². The predicted octanol–water partition coefficient (Wildman–Crippen LogP) is 10.9. The maximum Gasteiger partial charge on any atom is 0.472 e. The molecule has 0 bridgehead atoms. The van der Waals surface area contributed by atoms with Crippen molar-refractivity contribution in [2.24, 2.45) is 5.73 Å². The van der Waals surface area contributed by atoms with Crippen molar-refractivity contribution < 1.29 is 42.7 Å². The van der Waals surface area contributed by atoms with E-state index in [0.29, 0.717) is 13.0 Å². The Labute approximate surface area is 317 Å². The second-order valence-electron chi connectivity index (χ2n) is 13.8. The molecule has 52 heavy (non-hydrogen) atoms. The van der Waals surface area contributed by atoms with E-state index in [1.54, 1.807) is 0 Å². The highest BCUT2D eigenvalue weighted by Gasteiger charge is 2.27. The van der Waals surface area contributed by atoms with Crippen LogP contribution in [0.2, 0.25) is 0 Å². The number of hydrogen-bond donors (Lipinski definition) is 3. The summed E-state index contributed by atoms with van der Waals surface area (Å²) in [7, 11) is -4.62. The van der Waals surface area contributed by atoms with Gasteiger partial charge in [0.1, 0.15) is 12.1 Å². The molecule has 0 aliphatic rings. The lowest BCUT2D eigenvalue weighted by Crippen LogP contribution is -2.34. The van der Waals surface area contributed by atoms with Crippen molar-refractivity contribution in [3.63, 3.8) is 0 Å². The molecule has 0 aromatic heterocycles. The monoisotopic (exact) mass is 758 g/mol. The summed E-state index contributed by atoms with van der Waals surface area (Å²) in [4.78, 5) is 33.5. The first-order chi connectivity index (χ1) is 25.2. The van der Waals surface area contributed by atoms with Crippen molar-refractivity contribution in [3.8, 4) is 0 Å². The van der Waals surface area contributed by atoms with E-state index in [0.717, 1.165) is 64.2 Å². The standard InChI is InChI=1S/C41H76NO9P/c1-3-5-7-9-11-13-15-17-19-20-21-23-25-27-29-31-33-40(43)51-38(36-49-52(46,47)50-37-39(42)41(44)45)35-48-34-32-30-28-26-24-22-18-16-14-12-10-8-6-4-2/h13-16,19-20,38-39H,3-12,17-18,21-37,42H2,1-2H3,(H,44,45)(H,46,47)/b15-13-,16-14-,20-19-. The minimum Gasteiger partial charge on any atom is -0.480 e. The van der Waals surface area contributed by atoms with Crippen LogP contribution < -0.4 is 5.73 Å². The smallest absolute Gasteiger partial charge is 0.472 e. The molecule has 11 heteroatoms. The van der Waals surface area contributed by atoms with E-state index in [4.69, 9.17) is 29.4 Å². The first kappa shape index (κ1) is 50.2. The summed E-state index contributed by atoms with van der Waals surface area (Å²) in [6.45, 7) is 3.81. The minimum absolute atomic E-state index is 0.00737. The Morgan fingerprint density at radius 1 is 0.615 bits per heavy atom. The number of hydrogen-bond acceptors (Lipinski definition) is 8. The Balaban J connectivity index is 4.31. The second kappa shape index (κ2) is 37.5. The molecule has 0 spiro atoms. The van der Waals surface area contributed by atoms with Crippen LogP contribution in [0, 0.1) is 0 Å². The van der Waals surface area contributed by atoms with Gasteiger partial charge in [-0.15, -0.1) is 0 Å². The minimum atomic E-state index is -4.62. The summed E-state index contributed by atoms with van der Waals surface area (Å²) in [5, 5.41) is 8.88. The van der Waals surface area contributed by atoms with Crippen LogP contribution in [0.25, 0.3) is 0 Å². The quantitative estimate of drug-likeness (QED) is 0.0239. The van der Waals surface area contributed by atoms with Gasteiger partial charge in [-0.05, 0) is 70.6 Å². The Kier molecular flexibility index (Phi) is 36.2. The maximum absolute atomic E-state index is 12.6. The van der Waals surface area contributed by atoms with Crippen LogP contribution in [0.3, 0.4) is 0 Å². The van der Waals surface area contributed by atoms with Gasteiger partial charge in [0.05, 0.1) is 19.8 Å². The first-order valence-electron chi connectivity index (χ1n) is 20.5. The largest absolute Gasteiger partial charge is 0.480 e. The van der Waals surface area contributed by atoms with Gasteiger partial charge in [0.15, 0.2) is 0 Å². The van der Waals surface area contributed by atoms with E-state index in [2.05, 4.69) is 50.3 Å². The summed E-state index contributed by atoms with van der Waals surface area (Å²) in [6, 6.07) is -1.48. The molecular formula is C41H76NO9P. The van der Waals surface area contributed by atoms with E-state index in [1.165, 1.54) is 83.5 Å². The number of carboxylic acid groups (broad SMARTS) is 1. The molecule has 0 rings (SSSR count). The lowest BCUT2D eigenvalue weighted by atomic mass is 10.1. The van der Waals surface area contributed by atoms with Crippen molar-refractivity contribution in [2.75, 3.05) is 26.4 Å². The summed E-state index contributed by atoms with van der Waals surface area (Å²) in [5.74, 6) is -1.80. The van der Waals surface area contributed by atoms with E-state index in [1.807, 2.05) is 0 Å². The van der Waals surface area contributed by atoms with E-state index < -0.39 is 45.1 Å². The fraction of sp³-hybridized carbons (Fsp3) is 0.805. The van der Waals surface area contributed by atoms with Crippen LogP contribution in [0.4, 0.5) is 0 Å². The molecule has 0 aromatic rings. The zero-order valence-electron chi connectivity index (χ0n) is 32.9. The molecule has 0 saturated carbocycles. The molecule has 0 aliphatic heterocycles. The van der Waals surface area contributed by atoms with Gasteiger partial charge < -0.3 is 25.2 Å². The molecule has 0 fully saturated rings. The number of carbonyl (C=O) groups excluding carboxylic acids is 1. The third kappa shape index (κ3) is 36.5. The van der Waals surface area contributed by atoms with Crippen LogP contribution in [-0.4, -0.2) is 60.5 Å². The maximum atomic E-state index is 12.6. The Hall–Kier alpha value is -1.81. The molecule has 10 nitrogen and oxygen atoms in total. The number of nitrogens with two attached hydrogens (primary N) is 1. The Morgan fingerprint density at radius 3 is 1.58 bits per heavy atom. The third-order valence-corrected chi connectivity index (χ3v) is 9.59. The summed E-state index contributed by atoms with van der Waals surface area (Å²) in [5.41, 5.74) is 5.34. The van der Waals surface area contributed by atoms with Gasteiger partial charge in [-0.2, -0.15) is 0 Å². The molecule has 0 amide bonds. The van der Waals surface area contributed by atoms with Crippen molar-refractivity contribution >= 4 is 19.8 Å². The zero-order chi connectivity index (χ0) is 38.4. The summed E-state index contributed by atoms with van der Waals surface area (Å²) < 4.78 is 33.3. The molecular weight excluding hydrogens is 681 g/mol. The average Bonchev–Trinajstić information content (AvgIpc) is 3.12. The Bertz CT molecular complexity index is 972. The summed E-state index contributed by atoms with van der Waals surface area (Å²) >= 11 is 0. The van der Waals surface area contributed by atoms with Crippen molar-refractivity contribution in [2.45, 2.75) is 187 Å². The van der Waals surface area contributed by atoms with Crippen LogP contribution in [0.5, 0.6) is 0 Å². The highest BCUT2D eigenvalue weighted by atomic mass is 31.2. The molecule has 0 saturated heterocycles. The number of phosphoric ester groups is 1. The molecule has 0 radical (unpaired) electrons. The number of unbranched alkanes of at least 4 members (excludes halogenated alkanes) is 19. The third-order valence-electron chi connectivity index (χ3n) is 8.64. The number of aliphatic carboxylic acids is 1. The van der Waals surface area contributed by atoms with Crippen molar-refractivity contribution in [1.82, 2.24) is 0 Å². The Morgan fingerprint density at radius 2 is 1.06 bits per heavy atom. The van der Waals surface area contributed by atoms with E-state index in [9.17, 15) is 19.0 Å². The zero-order valence-corrected chi connectivity index (χ0v) is 33.8. The molecule has 3 unspecified atom stereocenters. The van der Waals surface area contributed by atoms with E-state index >= 15 is 0 Å². The molecule has 0 heterocycles. The number of ether oxygens (including phenoxy) is 2. The lowest BCUT2D eigenvalue weighted by Gasteiger charge is -2.20. The molecule has 304 valence electrons. The van der Waals surface area contributed by atoms with Crippen LogP contribution in [0.15, 0.2) is 36.5 Å². The number of carboxylic acids is 1. The summed E-state index contributed by atoms with van der Waals surface area (Å²) in [6.07, 6.45) is 40.5. The normalized spacial score (nSPS) is 14.4. The molecule has 0 aromatic carbocycles. The van der Waals surface area contributed by atoms with Gasteiger partial charge in [0.2, 0.25) is 0 Å². The highest BCUT2D eigenvalue weighted by Crippen LogP contribution is 2.43. The van der Waals surface area contributed by atoms with Gasteiger partial charge in [-0.3, -0.25) is 18.6 Å². The van der Waals surface area contributed by atoms with Gasteiger partial charge >= 0.3 is 19.8 Å². The lowest BCUT2D eigenvalue weighted by molar-refractivity contribution is -0.154. The fourth-order valence-corrected chi connectivity index (χ4v) is 6.17. The number of esters is 1. The number of phosphoric acid groups is 1. The predicted molar refractivity (Wildman–Crippen MR) is 212 cm³/mol. The molecule has 0 aliphatic carbocycles. The highest BCUT2D eigenvalue weighted by molar-refractivity contribution is 7.47. The van der Waals surface area contributed by atoms with Gasteiger partial charge in [0, 0.05) is 13.0 Å². The molecule has 4 N–H and O–H groups in total. The van der Waals surface area contributed by atoms with Gasteiger partial charge in [0.25, 0.3) is 0 Å². The topological polar surface area (TPSA) is 155 Å². The first-order valence-corrected chi connectivity index (χ1v) is 22.0. The average molecular weight is 758 g/mol. The fourth-order valence-electron chi connectivity index (χ4n) is 5.39. The number of carbonyl (C=O) groups is 2.